The molecule has 0 heterocycles. The van der Waals surface area contributed by atoms with Gasteiger partial charge in [0.25, 0.3) is 0 Å². The van der Waals surface area contributed by atoms with Crippen molar-refractivity contribution in [3.8, 4) is 0 Å². The smallest absolute Gasteiger partial charge is 0.407 e. The van der Waals surface area contributed by atoms with Crippen molar-refractivity contribution in [2.75, 3.05) is 13.2 Å². The Bertz CT molecular complexity index is 377. The maximum atomic E-state index is 11.9. The van der Waals surface area contributed by atoms with Crippen LogP contribution in [0.2, 0.25) is 0 Å². The van der Waals surface area contributed by atoms with Crippen LogP contribution in [-0.2, 0) is 9.53 Å². The molecule has 1 N–H and O–H groups in total. The van der Waals surface area contributed by atoms with Gasteiger partial charge in [0.1, 0.15) is 12.4 Å². The predicted molar refractivity (Wildman–Crippen MR) is 68.1 cm³/mol. The summed E-state index contributed by atoms with van der Waals surface area (Å²) in [5, 5.41) is 2.67. The quantitative estimate of drug-likeness (QED) is 0.763. The summed E-state index contributed by atoms with van der Waals surface area (Å²) in [7, 11) is 0. The molecule has 100 valence electrons. The molecule has 1 fully saturated rings. The van der Waals surface area contributed by atoms with Crippen molar-refractivity contribution >= 4 is 11.9 Å². The Balaban J connectivity index is 1.94. The van der Waals surface area contributed by atoms with Crippen LogP contribution in [0.15, 0.2) is 12.2 Å². The Hall–Kier alpha value is -1.32. The van der Waals surface area contributed by atoms with E-state index >= 15 is 0 Å². The van der Waals surface area contributed by atoms with Crippen LogP contribution in [0.5, 0.6) is 0 Å². The number of allylic oxidation sites excluding steroid dienone is 2. The maximum Gasteiger partial charge on any atom is 0.407 e. The van der Waals surface area contributed by atoms with Gasteiger partial charge in [-0.25, -0.2) is 4.79 Å². The lowest BCUT2D eigenvalue weighted by molar-refractivity contribution is -0.130. The van der Waals surface area contributed by atoms with Crippen LogP contribution in [0.25, 0.3) is 0 Å². The third kappa shape index (κ3) is 2.28. The Morgan fingerprint density at radius 2 is 2.22 bits per heavy atom. The van der Waals surface area contributed by atoms with Crippen LogP contribution in [0.1, 0.15) is 33.1 Å². The minimum absolute atomic E-state index is 0.141. The Kier molecular flexibility index (Phi) is 3.73. The van der Waals surface area contributed by atoms with E-state index in [1.54, 1.807) is 6.92 Å². The van der Waals surface area contributed by atoms with E-state index in [2.05, 4.69) is 17.5 Å². The Morgan fingerprint density at radius 3 is 2.72 bits per heavy atom. The lowest BCUT2D eigenvalue weighted by Gasteiger charge is -2.32. The third-order valence-electron chi connectivity index (χ3n) is 4.19. The van der Waals surface area contributed by atoms with E-state index in [0.29, 0.717) is 12.5 Å². The summed E-state index contributed by atoms with van der Waals surface area (Å²) in [6.45, 7) is 4.42. The van der Waals surface area contributed by atoms with E-state index in [1.807, 2.05) is 6.92 Å². The molecular formula is C14H21NO3. The SMILES string of the molecule is CCCNC(=O)OC[C@]1(C(C)=O)C[C@@H]2C=C[C@H]1C2. The molecule has 3 atom stereocenters. The topological polar surface area (TPSA) is 55.4 Å². The van der Waals surface area contributed by atoms with Gasteiger partial charge >= 0.3 is 6.09 Å². The molecule has 2 aliphatic rings. The number of nitrogens with one attached hydrogen (secondary N) is 1. The molecule has 0 aromatic heterocycles. The van der Waals surface area contributed by atoms with Gasteiger partial charge in [0.2, 0.25) is 0 Å². The second kappa shape index (κ2) is 5.12. The van der Waals surface area contributed by atoms with E-state index in [4.69, 9.17) is 4.74 Å². The number of ketones is 1. The number of ether oxygens (including phenoxy) is 1. The van der Waals surface area contributed by atoms with Crippen molar-refractivity contribution in [1.82, 2.24) is 5.32 Å². The Morgan fingerprint density at radius 1 is 1.44 bits per heavy atom. The molecule has 0 aromatic rings. The first-order valence-corrected chi connectivity index (χ1v) is 6.68. The standard InChI is InChI=1S/C14H21NO3/c1-3-6-15-13(17)18-9-14(10(2)16)8-11-4-5-12(14)7-11/h4-5,11-12H,3,6-9H2,1-2H3,(H,15,17)/t11-,12+,14+/m1/s1. The molecule has 0 unspecified atom stereocenters. The van der Waals surface area contributed by atoms with Gasteiger partial charge in [-0.1, -0.05) is 19.1 Å². The van der Waals surface area contributed by atoms with Crippen molar-refractivity contribution in [3.63, 3.8) is 0 Å². The summed E-state index contributed by atoms with van der Waals surface area (Å²) >= 11 is 0. The highest BCUT2D eigenvalue weighted by atomic mass is 16.5. The zero-order chi connectivity index (χ0) is 13.2. The molecule has 4 nitrogen and oxygen atoms in total. The number of hydrogen-bond donors (Lipinski definition) is 1. The first-order chi connectivity index (χ1) is 8.58. The summed E-state index contributed by atoms with van der Waals surface area (Å²) < 4.78 is 5.24. The van der Waals surface area contributed by atoms with Gasteiger partial charge in [0, 0.05) is 6.54 Å². The van der Waals surface area contributed by atoms with Gasteiger partial charge in [0.15, 0.2) is 0 Å². The number of rotatable bonds is 5. The minimum Gasteiger partial charge on any atom is -0.448 e. The highest BCUT2D eigenvalue weighted by Crippen LogP contribution is 2.52. The van der Waals surface area contributed by atoms with Crippen molar-refractivity contribution in [2.24, 2.45) is 17.3 Å². The van der Waals surface area contributed by atoms with E-state index in [1.165, 1.54) is 0 Å². The van der Waals surface area contributed by atoms with E-state index in [-0.39, 0.29) is 18.3 Å². The zero-order valence-corrected chi connectivity index (χ0v) is 11.1. The molecule has 4 heteroatoms. The molecular weight excluding hydrogens is 230 g/mol. The van der Waals surface area contributed by atoms with Crippen LogP contribution in [-0.4, -0.2) is 25.0 Å². The molecule has 18 heavy (non-hydrogen) atoms. The fourth-order valence-electron chi connectivity index (χ4n) is 3.10. The fourth-order valence-corrected chi connectivity index (χ4v) is 3.10. The van der Waals surface area contributed by atoms with E-state index in [0.717, 1.165) is 19.3 Å². The number of amides is 1. The predicted octanol–water partition coefficient (Wildman–Crippen LogP) is 2.29. The van der Waals surface area contributed by atoms with E-state index in [9.17, 15) is 9.59 Å². The van der Waals surface area contributed by atoms with Crippen LogP contribution in [0, 0.1) is 17.3 Å². The van der Waals surface area contributed by atoms with Gasteiger partial charge in [0.05, 0.1) is 5.41 Å². The summed E-state index contributed by atoms with van der Waals surface area (Å²) in [6, 6.07) is 0. The summed E-state index contributed by atoms with van der Waals surface area (Å²) in [5.74, 6) is 0.878. The third-order valence-corrected chi connectivity index (χ3v) is 4.19. The van der Waals surface area contributed by atoms with Crippen molar-refractivity contribution in [2.45, 2.75) is 33.1 Å². The highest BCUT2D eigenvalue weighted by Gasteiger charge is 2.52. The minimum atomic E-state index is -0.469. The van der Waals surface area contributed by atoms with Gasteiger partial charge in [-0.2, -0.15) is 0 Å². The number of alkyl carbamates (subject to hydrolysis) is 1. The maximum absolute atomic E-state index is 11.9. The van der Waals surface area contributed by atoms with Crippen molar-refractivity contribution < 1.29 is 14.3 Å². The van der Waals surface area contributed by atoms with Crippen LogP contribution < -0.4 is 5.32 Å². The average molecular weight is 251 g/mol. The Labute approximate surface area is 108 Å². The normalized spacial score (nSPS) is 32.6. The van der Waals surface area contributed by atoms with Gasteiger partial charge in [-0.05, 0) is 38.0 Å². The monoisotopic (exact) mass is 251 g/mol. The first kappa shape index (κ1) is 13.1. The zero-order valence-electron chi connectivity index (χ0n) is 11.1. The second-order valence-electron chi connectivity index (χ2n) is 5.41. The first-order valence-electron chi connectivity index (χ1n) is 6.68. The molecule has 2 rings (SSSR count). The fraction of sp³-hybridized carbons (Fsp3) is 0.714. The molecule has 0 spiro atoms. The van der Waals surface area contributed by atoms with Crippen LogP contribution >= 0.6 is 0 Å². The van der Waals surface area contributed by atoms with Crippen molar-refractivity contribution in [3.05, 3.63) is 12.2 Å². The molecule has 0 aliphatic heterocycles. The molecule has 0 saturated heterocycles. The molecule has 0 aromatic carbocycles. The molecule has 1 saturated carbocycles. The lowest BCUT2D eigenvalue weighted by atomic mass is 9.73. The molecule has 1 amide bonds. The largest absolute Gasteiger partial charge is 0.448 e. The average Bonchev–Trinajstić information content (AvgIpc) is 2.94. The van der Waals surface area contributed by atoms with Crippen LogP contribution in [0.4, 0.5) is 4.79 Å². The lowest BCUT2D eigenvalue weighted by Crippen LogP contribution is -2.40. The van der Waals surface area contributed by atoms with Crippen molar-refractivity contribution in [1.29, 1.82) is 0 Å². The number of hydrogen-bond acceptors (Lipinski definition) is 3. The van der Waals surface area contributed by atoms with Gasteiger partial charge in [-0.3, -0.25) is 4.79 Å². The van der Waals surface area contributed by atoms with Gasteiger partial charge < -0.3 is 10.1 Å². The number of fused-ring (bicyclic) bond motifs is 2. The summed E-state index contributed by atoms with van der Waals surface area (Å²) in [5.41, 5.74) is -0.469. The summed E-state index contributed by atoms with van der Waals surface area (Å²) in [4.78, 5) is 23.4. The molecule has 2 aliphatic carbocycles. The van der Waals surface area contributed by atoms with E-state index < -0.39 is 11.5 Å². The van der Waals surface area contributed by atoms with Gasteiger partial charge in [-0.15, -0.1) is 0 Å². The summed E-state index contributed by atoms with van der Waals surface area (Å²) in [6.07, 6.45) is 6.61. The highest BCUT2D eigenvalue weighted by molar-refractivity contribution is 5.84. The molecule has 2 bridgehead atoms. The van der Waals surface area contributed by atoms with Crippen LogP contribution in [0.3, 0.4) is 0 Å². The number of carbonyl (C=O) groups is 2. The number of Topliss-reactive ketones (excluding diaryl/α,β-unsaturated/α-hetero) is 1. The second-order valence-corrected chi connectivity index (χ2v) is 5.41. The molecule has 0 radical (unpaired) electrons. The number of carbonyl (C=O) groups excluding carboxylic acids is 2.